The Bertz CT molecular complexity index is 654. The number of carbonyl (C=O) groups is 1. The van der Waals surface area contributed by atoms with Crippen LogP contribution in [0.5, 0.6) is 0 Å². The normalized spacial score (nSPS) is 10.2. The number of benzene rings is 1. The lowest BCUT2D eigenvalue weighted by atomic mass is 10.2. The van der Waals surface area contributed by atoms with E-state index in [9.17, 15) is 4.79 Å². The van der Waals surface area contributed by atoms with Crippen LogP contribution >= 0.6 is 12.2 Å². The van der Waals surface area contributed by atoms with E-state index in [2.05, 4.69) is 34.3 Å². The number of hydrogen-bond donors (Lipinski definition) is 2. The van der Waals surface area contributed by atoms with Gasteiger partial charge in [-0.05, 0) is 37.6 Å². The molecule has 2 rings (SSSR count). The molecule has 0 fully saturated rings. The lowest BCUT2D eigenvalue weighted by Crippen LogP contribution is -2.30. The molecular formula is C17H21N3OS. The molecule has 0 aliphatic carbocycles. The Hall–Kier alpha value is -2.14. The molecule has 1 aromatic carbocycles. The molecule has 116 valence electrons. The van der Waals surface area contributed by atoms with Crippen molar-refractivity contribution in [3.8, 4) is 0 Å². The first kappa shape index (κ1) is 16.2. The molecular weight excluding hydrogens is 294 g/mol. The highest BCUT2D eigenvalue weighted by atomic mass is 32.1. The molecule has 2 aromatic rings. The zero-order chi connectivity index (χ0) is 15.8. The topological polar surface area (TPSA) is 48.1 Å². The van der Waals surface area contributed by atoms with Gasteiger partial charge in [-0.2, -0.15) is 0 Å². The number of amides is 1. The summed E-state index contributed by atoms with van der Waals surface area (Å²) < 4.78 is 0.472. The third-order valence-electron chi connectivity index (χ3n) is 3.46. The van der Waals surface area contributed by atoms with E-state index in [0.717, 1.165) is 19.5 Å². The Morgan fingerprint density at radius 3 is 2.68 bits per heavy atom. The number of hydrogen-bond acceptors (Lipinski definition) is 3. The second-order valence-electron chi connectivity index (χ2n) is 4.94. The van der Waals surface area contributed by atoms with Crippen LogP contribution in [-0.4, -0.2) is 30.5 Å². The number of para-hydroxylation sites is 1. The lowest BCUT2D eigenvalue weighted by Gasteiger charge is -2.23. The average Bonchev–Trinajstić information content (AvgIpc) is 2.56. The largest absolute Gasteiger partial charge is 0.372 e. The number of rotatable bonds is 7. The first-order valence-corrected chi connectivity index (χ1v) is 7.89. The molecule has 0 aliphatic rings. The third kappa shape index (κ3) is 4.43. The second-order valence-corrected chi connectivity index (χ2v) is 5.35. The van der Waals surface area contributed by atoms with E-state index in [0.29, 0.717) is 16.7 Å². The van der Waals surface area contributed by atoms with Crippen LogP contribution in [0.15, 0.2) is 48.7 Å². The highest BCUT2D eigenvalue weighted by Gasteiger charge is 2.07. The van der Waals surface area contributed by atoms with Crippen LogP contribution in [0.3, 0.4) is 0 Å². The van der Waals surface area contributed by atoms with Crippen molar-refractivity contribution in [3.05, 3.63) is 58.9 Å². The second kappa shape index (κ2) is 8.34. The zero-order valence-electron chi connectivity index (χ0n) is 12.7. The van der Waals surface area contributed by atoms with Crippen LogP contribution in [0, 0.1) is 4.64 Å². The minimum absolute atomic E-state index is 0.121. The molecule has 0 atom stereocenters. The monoisotopic (exact) mass is 315 g/mol. The first-order chi connectivity index (χ1) is 10.7. The van der Waals surface area contributed by atoms with Gasteiger partial charge < -0.3 is 15.2 Å². The van der Waals surface area contributed by atoms with Gasteiger partial charge >= 0.3 is 0 Å². The Balaban J connectivity index is 1.80. The van der Waals surface area contributed by atoms with E-state index >= 15 is 0 Å². The molecule has 0 saturated carbocycles. The van der Waals surface area contributed by atoms with E-state index < -0.39 is 0 Å². The van der Waals surface area contributed by atoms with Gasteiger partial charge in [0.2, 0.25) is 0 Å². The summed E-state index contributed by atoms with van der Waals surface area (Å²) in [6, 6.07) is 13.8. The molecule has 0 radical (unpaired) electrons. The fourth-order valence-corrected chi connectivity index (χ4v) is 2.50. The molecule has 1 amide bonds. The maximum absolute atomic E-state index is 12.0. The Morgan fingerprint density at radius 2 is 2.00 bits per heavy atom. The van der Waals surface area contributed by atoms with Gasteiger partial charge in [-0.1, -0.05) is 30.4 Å². The Morgan fingerprint density at radius 1 is 1.23 bits per heavy atom. The molecule has 1 heterocycles. The minimum Gasteiger partial charge on any atom is -0.372 e. The summed E-state index contributed by atoms with van der Waals surface area (Å²) in [5, 5.41) is 2.92. The maximum Gasteiger partial charge on any atom is 0.254 e. The molecule has 0 unspecified atom stereocenters. The molecule has 0 saturated heterocycles. The van der Waals surface area contributed by atoms with Crippen molar-refractivity contribution >= 4 is 23.8 Å². The number of anilines is 1. The van der Waals surface area contributed by atoms with Gasteiger partial charge in [-0.15, -0.1) is 0 Å². The molecule has 0 spiro atoms. The van der Waals surface area contributed by atoms with E-state index in [-0.39, 0.29) is 5.91 Å². The van der Waals surface area contributed by atoms with Crippen LogP contribution in [0.1, 0.15) is 23.7 Å². The summed E-state index contributed by atoms with van der Waals surface area (Å²) in [7, 11) is 0. The van der Waals surface area contributed by atoms with Gasteiger partial charge in [0.25, 0.3) is 5.91 Å². The van der Waals surface area contributed by atoms with Crippen LogP contribution in [0.2, 0.25) is 0 Å². The quantitative estimate of drug-likeness (QED) is 0.608. The summed E-state index contributed by atoms with van der Waals surface area (Å²) in [6.45, 7) is 4.62. The van der Waals surface area contributed by atoms with Gasteiger partial charge in [0, 0.05) is 31.5 Å². The van der Waals surface area contributed by atoms with Crippen molar-refractivity contribution in [1.82, 2.24) is 10.3 Å². The summed E-state index contributed by atoms with van der Waals surface area (Å²) in [5.74, 6) is -0.121. The van der Waals surface area contributed by atoms with Crippen LogP contribution in [0.4, 0.5) is 5.69 Å². The predicted octanol–water partition coefficient (Wildman–Crippen LogP) is 3.39. The van der Waals surface area contributed by atoms with Gasteiger partial charge in [0.15, 0.2) is 0 Å². The maximum atomic E-state index is 12.0. The summed E-state index contributed by atoms with van der Waals surface area (Å²) >= 11 is 5.11. The SMILES string of the molecule is CCN(CCCNC(=O)c1ccc[nH]c1=S)c1ccccc1. The third-order valence-corrected chi connectivity index (χ3v) is 3.79. The van der Waals surface area contributed by atoms with Crippen LogP contribution in [0.25, 0.3) is 0 Å². The van der Waals surface area contributed by atoms with Crippen LogP contribution in [-0.2, 0) is 0 Å². The summed E-state index contributed by atoms with van der Waals surface area (Å²) in [5.41, 5.74) is 1.73. The standard InChI is InChI=1S/C17H21N3OS/c1-2-20(14-8-4-3-5-9-14)13-7-12-18-16(21)15-10-6-11-19-17(15)22/h3-6,8-11H,2,7,12-13H2,1H3,(H,18,21)(H,19,22). The smallest absolute Gasteiger partial charge is 0.254 e. The zero-order valence-corrected chi connectivity index (χ0v) is 13.5. The fraction of sp³-hybridized carbons (Fsp3) is 0.294. The molecule has 22 heavy (non-hydrogen) atoms. The first-order valence-electron chi connectivity index (χ1n) is 7.48. The predicted molar refractivity (Wildman–Crippen MR) is 92.9 cm³/mol. The summed E-state index contributed by atoms with van der Waals surface area (Å²) in [4.78, 5) is 17.2. The average molecular weight is 315 g/mol. The van der Waals surface area contributed by atoms with E-state index in [1.54, 1.807) is 18.3 Å². The number of H-pyrrole nitrogens is 1. The van der Waals surface area contributed by atoms with E-state index in [1.807, 2.05) is 18.2 Å². The summed E-state index contributed by atoms with van der Waals surface area (Å²) in [6.07, 6.45) is 2.61. The molecule has 1 aromatic heterocycles. The Labute approximate surface area is 136 Å². The Kier molecular flexibility index (Phi) is 6.15. The van der Waals surface area contributed by atoms with Crippen molar-refractivity contribution in [3.63, 3.8) is 0 Å². The molecule has 0 bridgehead atoms. The molecule has 0 aliphatic heterocycles. The van der Waals surface area contributed by atoms with Crippen molar-refractivity contribution < 1.29 is 4.79 Å². The van der Waals surface area contributed by atoms with Crippen molar-refractivity contribution in [2.45, 2.75) is 13.3 Å². The number of carbonyl (C=O) groups excluding carboxylic acids is 1. The van der Waals surface area contributed by atoms with Gasteiger partial charge in [0.05, 0.1) is 5.56 Å². The number of aromatic amines is 1. The highest BCUT2D eigenvalue weighted by molar-refractivity contribution is 7.71. The minimum atomic E-state index is -0.121. The highest BCUT2D eigenvalue weighted by Crippen LogP contribution is 2.12. The van der Waals surface area contributed by atoms with Crippen LogP contribution < -0.4 is 10.2 Å². The van der Waals surface area contributed by atoms with Gasteiger partial charge in [-0.25, -0.2) is 0 Å². The number of pyridine rings is 1. The molecule has 4 nitrogen and oxygen atoms in total. The number of nitrogens with zero attached hydrogens (tertiary/aromatic N) is 1. The molecule has 2 N–H and O–H groups in total. The van der Waals surface area contributed by atoms with E-state index in [4.69, 9.17) is 12.2 Å². The number of nitrogens with one attached hydrogen (secondary N) is 2. The molecule has 5 heteroatoms. The fourth-order valence-electron chi connectivity index (χ4n) is 2.28. The number of aromatic nitrogens is 1. The van der Waals surface area contributed by atoms with Gasteiger partial charge in [-0.3, -0.25) is 4.79 Å². The van der Waals surface area contributed by atoms with Crippen molar-refractivity contribution in [2.24, 2.45) is 0 Å². The lowest BCUT2D eigenvalue weighted by molar-refractivity contribution is 0.0952. The van der Waals surface area contributed by atoms with Gasteiger partial charge in [0.1, 0.15) is 4.64 Å². The van der Waals surface area contributed by atoms with E-state index in [1.165, 1.54) is 5.69 Å². The van der Waals surface area contributed by atoms with Crippen molar-refractivity contribution in [1.29, 1.82) is 0 Å². The van der Waals surface area contributed by atoms with Crippen molar-refractivity contribution in [2.75, 3.05) is 24.5 Å².